The van der Waals surface area contributed by atoms with E-state index in [1.54, 1.807) is 0 Å². The Bertz CT molecular complexity index is 3610. The van der Waals surface area contributed by atoms with Crippen molar-refractivity contribution in [3.8, 4) is 67.5 Å². The third-order valence-electron chi connectivity index (χ3n) is 13.7. The molecule has 0 bridgehead atoms. The second kappa shape index (κ2) is 14.3. The highest BCUT2D eigenvalue weighted by molar-refractivity contribution is 6.10. The van der Waals surface area contributed by atoms with E-state index in [1.807, 2.05) is 6.07 Å². The van der Waals surface area contributed by atoms with Crippen LogP contribution in [0.4, 0.5) is 0 Å². The first kappa shape index (κ1) is 37.2. The molecular weight excluding hydrogens is 789 g/mol. The molecule has 306 valence electrons. The molecule has 1 aliphatic rings. The summed E-state index contributed by atoms with van der Waals surface area (Å²) >= 11 is 0. The van der Waals surface area contributed by atoms with Crippen LogP contribution in [0, 0.1) is 0 Å². The van der Waals surface area contributed by atoms with Gasteiger partial charge >= 0.3 is 0 Å². The van der Waals surface area contributed by atoms with E-state index in [-0.39, 0.29) is 5.41 Å². The smallest absolute Gasteiger partial charge is 0.160 e. The molecule has 0 saturated heterocycles. The summed E-state index contributed by atoms with van der Waals surface area (Å²) in [7, 11) is 0. The predicted molar refractivity (Wildman–Crippen MR) is 270 cm³/mol. The highest BCUT2D eigenvalue weighted by Crippen LogP contribution is 2.49. The number of benzene rings is 9. The number of nitrogens with zero attached hydrogens (tertiary/aromatic N) is 4. The van der Waals surface area contributed by atoms with Crippen molar-refractivity contribution in [1.29, 1.82) is 0 Å². The van der Waals surface area contributed by atoms with Crippen LogP contribution in [0.15, 0.2) is 218 Å². The number of hydrogen-bond donors (Lipinski definition) is 0. The molecule has 3 aromatic heterocycles. The quantitative estimate of drug-likeness (QED) is 0.167. The largest absolute Gasteiger partial charge is 0.309 e. The van der Waals surface area contributed by atoms with E-state index in [4.69, 9.17) is 9.97 Å². The summed E-state index contributed by atoms with van der Waals surface area (Å²) in [6.45, 7) is 4.68. The summed E-state index contributed by atoms with van der Waals surface area (Å²) in [5, 5.41) is 4.89. The van der Waals surface area contributed by atoms with Crippen molar-refractivity contribution in [1.82, 2.24) is 19.1 Å². The topological polar surface area (TPSA) is 35.6 Å². The molecule has 3 heterocycles. The number of aromatic nitrogens is 4. The molecular formula is C61H42N4. The lowest BCUT2D eigenvalue weighted by atomic mass is 9.81. The summed E-state index contributed by atoms with van der Waals surface area (Å²) in [5.41, 5.74) is 19.2. The fourth-order valence-electron chi connectivity index (χ4n) is 10.6. The van der Waals surface area contributed by atoms with E-state index >= 15 is 0 Å². The van der Waals surface area contributed by atoms with Crippen molar-refractivity contribution >= 4 is 43.6 Å². The zero-order valence-corrected chi connectivity index (χ0v) is 36.1. The first-order valence-electron chi connectivity index (χ1n) is 22.4. The summed E-state index contributed by atoms with van der Waals surface area (Å²) in [4.78, 5) is 10.7. The lowest BCUT2D eigenvalue weighted by molar-refractivity contribution is 0.660. The van der Waals surface area contributed by atoms with Crippen molar-refractivity contribution < 1.29 is 0 Å². The SMILES string of the molecule is CC1(C)c2ccccc2-c2ccc(-c3ccc(-c4cc(-c5cc(-n6c7ccccc7c7ccccc76)cc(-n6c7ccccc7c7ccccc76)c5)nc(-c5ccccc5)n4)cc3)cc21. The number of para-hydroxylation sites is 4. The minimum Gasteiger partial charge on any atom is -0.309 e. The Morgan fingerprint density at radius 2 is 0.769 bits per heavy atom. The molecule has 0 radical (unpaired) electrons. The predicted octanol–water partition coefficient (Wildman–Crippen LogP) is 15.6. The van der Waals surface area contributed by atoms with Crippen molar-refractivity contribution in [2.75, 3.05) is 0 Å². The third kappa shape index (κ3) is 5.84. The van der Waals surface area contributed by atoms with Crippen LogP contribution in [0.2, 0.25) is 0 Å². The van der Waals surface area contributed by atoms with Crippen LogP contribution in [-0.4, -0.2) is 19.1 Å². The molecule has 13 rings (SSSR count). The standard InChI is InChI=1S/C61H42N4/c1-61(2)52-23-11-6-18-46(52)47-33-32-42(36-53(47)61)39-28-30-40(31-29-39)54-38-55(63-60(62-54)41-16-4-3-5-17-41)43-34-44(64-56-24-12-7-19-48(56)49-20-8-13-25-57(49)64)37-45(35-43)65-58-26-14-9-21-50(58)51-22-10-15-27-59(51)65/h3-38H,1-2H3. The maximum atomic E-state index is 5.39. The van der Waals surface area contributed by atoms with Gasteiger partial charge in [0.05, 0.1) is 33.5 Å². The van der Waals surface area contributed by atoms with Gasteiger partial charge in [0.2, 0.25) is 0 Å². The first-order chi connectivity index (χ1) is 32.0. The van der Waals surface area contributed by atoms with Gasteiger partial charge < -0.3 is 9.13 Å². The minimum atomic E-state index is -0.0622. The molecule has 0 N–H and O–H groups in total. The normalized spacial score (nSPS) is 12.9. The van der Waals surface area contributed by atoms with Crippen LogP contribution in [0.25, 0.3) is 111 Å². The van der Waals surface area contributed by atoms with Crippen molar-refractivity contribution in [3.63, 3.8) is 0 Å². The van der Waals surface area contributed by atoms with Gasteiger partial charge in [0, 0.05) is 55.0 Å². The lowest BCUT2D eigenvalue weighted by Crippen LogP contribution is -2.14. The Hall–Kier alpha value is -8.34. The van der Waals surface area contributed by atoms with Crippen LogP contribution in [0.5, 0.6) is 0 Å². The summed E-state index contributed by atoms with van der Waals surface area (Å²) in [6.07, 6.45) is 0. The molecule has 0 atom stereocenters. The van der Waals surface area contributed by atoms with Crippen molar-refractivity contribution in [2.45, 2.75) is 19.3 Å². The van der Waals surface area contributed by atoms with E-state index in [0.717, 1.165) is 61.5 Å². The monoisotopic (exact) mass is 830 g/mol. The molecule has 12 aromatic rings. The van der Waals surface area contributed by atoms with E-state index in [1.165, 1.54) is 54.9 Å². The average molecular weight is 831 g/mol. The van der Waals surface area contributed by atoms with Crippen molar-refractivity contribution in [3.05, 3.63) is 230 Å². The third-order valence-corrected chi connectivity index (χ3v) is 13.7. The van der Waals surface area contributed by atoms with Crippen LogP contribution < -0.4 is 0 Å². The zero-order chi connectivity index (χ0) is 43.2. The number of fused-ring (bicyclic) bond motifs is 9. The van der Waals surface area contributed by atoms with Gasteiger partial charge in [-0.05, 0) is 88.0 Å². The van der Waals surface area contributed by atoms with E-state index < -0.39 is 0 Å². The molecule has 0 unspecified atom stereocenters. The van der Waals surface area contributed by atoms with Gasteiger partial charge in [0.15, 0.2) is 5.82 Å². The molecule has 0 aliphatic heterocycles. The second-order valence-electron chi connectivity index (χ2n) is 17.8. The summed E-state index contributed by atoms with van der Waals surface area (Å²) < 4.78 is 4.81. The Kier molecular flexibility index (Phi) is 8.22. The lowest BCUT2D eigenvalue weighted by Gasteiger charge is -2.22. The highest BCUT2D eigenvalue weighted by atomic mass is 15.0. The van der Waals surface area contributed by atoms with Crippen LogP contribution in [0.3, 0.4) is 0 Å². The minimum absolute atomic E-state index is 0.0622. The van der Waals surface area contributed by atoms with Gasteiger partial charge in [-0.2, -0.15) is 0 Å². The Balaban J connectivity index is 1.00. The number of rotatable bonds is 6. The van der Waals surface area contributed by atoms with Gasteiger partial charge in [-0.3, -0.25) is 0 Å². The molecule has 9 aromatic carbocycles. The van der Waals surface area contributed by atoms with Gasteiger partial charge in [0.1, 0.15) is 0 Å². The molecule has 1 aliphatic carbocycles. The zero-order valence-electron chi connectivity index (χ0n) is 36.1. The average Bonchev–Trinajstić information content (AvgIpc) is 3.97. The van der Waals surface area contributed by atoms with Gasteiger partial charge in [-0.15, -0.1) is 0 Å². The maximum absolute atomic E-state index is 5.39. The van der Waals surface area contributed by atoms with E-state index in [2.05, 4.69) is 235 Å². The van der Waals surface area contributed by atoms with E-state index in [0.29, 0.717) is 5.82 Å². The first-order valence-corrected chi connectivity index (χ1v) is 22.4. The molecule has 4 heteroatoms. The Morgan fingerprint density at radius 1 is 0.323 bits per heavy atom. The fraction of sp³-hybridized carbons (Fsp3) is 0.0492. The molecule has 4 nitrogen and oxygen atoms in total. The van der Waals surface area contributed by atoms with E-state index in [9.17, 15) is 0 Å². The van der Waals surface area contributed by atoms with Gasteiger partial charge in [-0.25, -0.2) is 9.97 Å². The van der Waals surface area contributed by atoms with Crippen LogP contribution >= 0.6 is 0 Å². The molecule has 0 amide bonds. The van der Waals surface area contributed by atoms with Crippen LogP contribution in [-0.2, 0) is 5.41 Å². The second-order valence-corrected chi connectivity index (χ2v) is 17.8. The maximum Gasteiger partial charge on any atom is 0.160 e. The Labute approximate surface area is 377 Å². The van der Waals surface area contributed by atoms with Crippen LogP contribution in [0.1, 0.15) is 25.0 Å². The Morgan fingerprint density at radius 3 is 1.34 bits per heavy atom. The highest BCUT2D eigenvalue weighted by Gasteiger charge is 2.35. The fourth-order valence-corrected chi connectivity index (χ4v) is 10.6. The van der Waals surface area contributed by atoms with Gasteiger partial charge in [0.25, 0.3) is 0 Å². The molecule has 0 spiro atoms. The summed E-state index contributed by atoms with van der Waals surface area (Å²) in [6, 6.07) is 79.0. The van der Waals surface area contributed by atoms with Gasteiger partial charge in [-0.1, -0.05) is 178 Å². The summed E-state index contributed by atoms with van der Waals surface area (Å²) in [5.74, 6) is 0.684. The number of hydrogen-bond acceptors (Lipinski definition) is 2. The molecule has 65 heavy (non-hydrogen) atoms. The molecule has 0 fully saturated rings. The van der Waals surface area contributed by atoms with Crippen molar-refractivity contribution in [2.24, 2.45) is 0 Å². The molecule has 0 saturated carbocycles.